The van der Waals surface area contributed by atoms with E-state index in [1.54, 1.807) is 42.5 Å². The van der Waals surface area contributed by atoms with Crippen molar-refractivity contribution in [2.75, 3.05) is 37.4 Å². The van der Waals surface area contributed by atoms with Crippen LogP contribution in [-0.4, -0.2) is 60.9 Å². The first kappa shape index (κ1) is 22.3. The molecule has 2 aliphatic rings. The van der Waals surface area contributed by atoms with Crippen molar-refractivity contribution in [1.82, 2.24) is 10.2 Å². The molecule has 0 spiro atoms. The molecule has 2 aliphatic heterocycles. The number of rotatable bonds is 9. The normalized spacial score (nSPS) is 17.7. The van der Waals surface area contributed by atoms with Crippen LogP contribution in [0.3, 0.4) is 0 Å². The van der Waals surface area contributed by atoms with Gasteiger partial charge in [-0.2, -0.15) is 0 Å². The number of imide groups is 2. The van der Waals surface area contributed by atoms with Crippen LogP contribution in [0.4, 0.5) is 11.4 Å². The molecule has 172 valence electrons. The average molecular weight is 452 g/mol. The number of anilines is 2. The standard InChI is InChI=1S/C23H24N4O6/c24-14-4-6-15(7-5-14)33-13-12-32-11-10-25-17-3-1-2-16-20(17)23(31)27(22(16)30)18-8-9-19(28)26-21(18)29/h1-7,18,25H,8-13,24H2,(H,26,28,29). The topological polar surface area (TPSA) is 140 Å². The van der Waals surface area contributed by atoms with Gasteiger partial charge in [-0.3, -0.25) is 29.4 Å². The Morgan fingerprint density at radius 2 is 1.79 bits per heavy atom. The van der Waals surface area contributed by atoms with Crippen molar-refractivity contribution in [2.24, 2.45) is 0 Å². The minimum Gasteiger partial charge on any atom is -0.491 e. The van der Waals surface area contributed by atoms with Gasteiger partial charge in [0.15, 0.2) is 0 Å². The summed E-state index contributed by atoms with van der Waals surface area (Å²) in [4.78, 5) is 50.4. The fourth-order valence-corrected chi connectivity index (χ4v) is 3.80. The molecule has 0 aromatic heterocycles. The zero-order chi connectivity index (χ0) is 23.4. The number of ether oxygens (including phenoxy) is 2. The van der Waals surface area contributed by atoms with Crippen molar-refractivity contribution in [3.63, 3.8) is 0 Å². The van der Waals surface area contributed by atoms with Gasteiger partial charge < -0.3 is 20.5 Å². The lowest BCUT2D eigenvalue weighted by molar-refractivity contribution is -0.136. The van der Waals surface area contributed by atoms with Gasteiger partial charge >= 0.3 is 0 Å². The molecule has 0 aliphatic carbocycles. The summed E-state index contributed by atoms with van der Waals surface area (Å²) >= 11 is 0. The van der Waals surface area contributed by atoms with Crippen LogP contribution < -0.4 is 21.1 Å². The quantitative estimate of drug-likeness (QED) is 0.293. The van der Waals surface area contributed by atoms with E-state index in [4.69, 9.17) is 15.2 Å². The van der Waals surface area contributed by atoms with E-state index in [1.807, 2.05) is 0 Å². The summed E-state index contributed by atoms with van der Waals surface area (Å²) in [7, 11) is 0. The molecule has 1 saturated heterocycles. The zero-order valence-corrected chi connectivity index (χ0v) is 17.8. The van der Waals surface area contributed by atoms with Gasteiger partial charge in [-0.25, -0.2) is 0 Å². The third-order valence-corrected chi connectivity index (χ3v) is 5.41. The fraction of sp³-hybridized carbons (Fsp3) is 0.304. The molecule has 1 fully saturated rings. The summed E-state index contributed by atoms with van der Waals surface area (Å²) in [6, 6.07) is 11.0. The summed E-state index contributed by atoms with van der Waals surface area (Å²) < 4.78 is 11.1. The number of hydrogen-bond acceptors (Lipinski definition) is 8. The fourth-order valence-electron chi connectivity index (χ4n) is 3.80. The first-order chi connectivity index (χ1) is 16.0. The highest BCUT2D eigenvalue weighted by Gasteiger charge is 2.45. The van der Waals surface area contributed by atoms with Gasteiger partial charge in [-0.1, -0.05) is 6.07 Å². The number of hydrogen-bond donors (Lipinski definition) is 3. The molecule has 2 aromatic carbocycles. The maximum absolute atomic E-state index is 13.0. The van der Waals surface area contributed by atoms with Gasteiger partial charge in [0.1, 0.15) is 18.4 Å². The Hall–Kier alpha value is -3.92. The third-order valence-electron chi connectivity index (χ3n) is 5.41. The van der Waals surface area contributed by atoms with Crippen LogP contribution in [0, 0.1) is 0 Å². The number of carbonyl (C=O) groups excluding carboxylic acids is 4. The number of nitrogen functional groups attached to an aromatic ring is 1. The third kappa shape index (κ3) is 4.80. The first-order valence-electron chi connectivity index (χ1n) is 10.6. The number of fused-ring (bicyclic) bond motifs is 1. The predicted molar refractivity (Wildman–Crippen MR) is 119 cm³/mol. The lowest BCUT2D eigenvalue weighted by atomic mass is 10.0. The molecular formula is C23H24N4O6. The van der Waals surface area contributed by atoms with Crippen molar-refractivity contribution in [2.45, 2.75) is 18.9 Å². The highest BCUT2D eigenvalue weighted by atomic mass is 16.5. The highest BCUT2D eigenvalue weighted by molar-refractivity contribution is 6.25. The van der Waals surface area contributed by atoms with E-state index in [0.29, 0.717) is 43.5 Å². The van der Waals surface area contributed by atoms with Crippen molar-refractivity contribution in [3.8, 4) is 5.75 Å². The number of nitrogens with two attached hydrogens (primary N) is 1. The number of nitrogens with zero attached hydrogens (tertiary/aromatic N) is 1. The van der Waals surface area contributed by atoms with E-state index in [0.717, 1.165) is 4.90 Å². The van der Waals surface area contributed by atoms with Gasteiger partial charge in [0.05, 0.1) is 24.3 Å². The van der Waals surface area contributed by atoms with Crippen molar-refractivity contribution in [1.29, 1.82) is 0 Å². The number of piperidine rings is 1. The molecule has 4 N–H and O–H groups in total. The minimum absolute atomic E-state index is 0.0777. The maximum atomic E-state index is 13.0. The van der Waals surface area contributed by atoms with Crippen molar-refractivity contribution >= 4 is 35.0 Å². The van der Waals surface area contributed by atoms with E-state index in [2.05, 4.69) is 10.6 Å². The van der Waals surface area contributed by atoms with Crippen LogP contribution in [0.15, 0.2) is 42.5 Å². The molecule has 1 unspecified atom stereocenters. The second-order valence-corrected chi connectivity index (χ2v) is 7.63. The second-order valence-electron chi connectivity index (χ2n) is 7.63. The molecule has 0 bridgehead atoms. The van der Waals surface area contributed by atoms with Crippen LogP contribution in [-0.2, 0) is 14.3 Å². The Morgan fingerprint density at radius 1 is 1.00 bits per heavy atom. The highest BCUT2D eigenvalue weighted by Crippen LogP contribution is 2.32. The van der Waals surface area contributed by atoms with Gasteiger partial charge in [0, 0.05) is 24.3 Å². The Labute approximate surface area is 190 Å². The van der Waals surface area contributed by atoms with E-state index in [1.165, 1.54) is 0 Å². The van der Waals surface area contributed by atoms with Gasteiger partial charge in [-0.15, -0.1) is 0 Å². The Bertz CT molecular complexity index is 1080. The Kier molecular flexibility index (Phi) is 6.55. The molecule has 4 amide bonds. The van der Waals surface area contributed by atoms with Crippen LogP contribution in [0.1, 0.15) is 33.6 Å². The number of nitrogens with one attached hydrogen (secondary N) is 2. The van der Waals surface area contributed by atoms with E-state index in [-0.39, 0.29) is 24.0 Å². The molecule has 33 heavy (non-hydrogen) atoms. The SMILES string of the molecule is Nc1ccc(OCCOCCNc2cccc3c2C(=O)N(C2CCC(=O)NC2=O)C3=O)cc1. The molecular weight excluding hydrogens is 428 g/mol. The van der Waals surface area contributed by atoms with E-state index >= 15 is 0 Å². The first-order valence-corrected chi connectivity index (χ1v) is 10.6. The predicted octanol–water partition coefficient (Wildman–Crippen LogP) is 1.18. The van der Waals surface area contributed by atoms with Gasteiger partial charge in [0.2, 0.25) is 11.8 Å². The molecule has 10 nitrogen and oxygen atoms in total. The number of benzene rings is 2. The summed E-state index contributed by atoms with van der Waals surface area (Å²) in [6.07, 6.45) is 0.194. The lowest BCUT2D eigenvalue weighted by Gasteiger charge is -2.27. The number of carbonyl (C=O) groups is 4. The average Bonchev–Trinajstić information content (AvgIpc) is 3.05. The molecule has 10 heteroatoms. The van der Waals surface area contributed by atoms with Crippen LogP contribution in [0.25, 0.3) is 0 Å². The zero-order valence-electron chi connectivity index (χ0n) is 17.8. The van der Waals surface area contributed by atoms with Crippen LogP contribution in [0.5, 0.6) is 5.75 Å². The van der Waals surface area contributed by atoms with Crippen LogP contribution >= 0.6 is 0 Å². The minimum atomic E-state index is -0.993. The van der Waals surface area contributed by atoms with Gasteiger partial charge in [0.25, 0.3) is 11.8 Å². The Balaban J connectivity index is 1.29. The van der Waals surface area contributed by atoms with E-state index in [9.17, 15) is 19.2 Å². The molecule has 1 atom stereocenters. The largest absolute Gasteiger partial charge is 0.491 e. The monoisotopic (exact) mass is 452 g/mol. The Morgan fingerprint density at radius 3 is 2.55 bits per heavy atom. The van der Waals surface area contributed by atoms with Gasteiger partial charge in [-0.05, 0) is 42.8 Å². The maximum Gasteiger partial charge on any atom is 0.264 e. The smallest absolute Gasteiger partial charge is 0.264 e. The summed E-state index contributed by atoms with van der Waals surface area (Å²) in [5, 5.41) is 5.31. The molecule has 4 rings (SSSR count). The lowest BCUT2D eigenvalue weighted by Crippen LogP contribution is -2.54. The number of amides is 4. The molecule has 0 saturated carbocycles. The molecule has 0 radical (unpaired) electrons. The van der Waals surface area contributed by atoms with Crippen LogP contribution in [0.2, 0.25) is 0 Å². The van der Waals surface area contributed by atoms with E-state index < -0.39 is 29.7 Å². The summed E-state index contributed by atoms with van der Waals surface area (Å²) in [5.41, 5.74) is 7.23. The molecule has 2 heterocycles. The molecule has 2 aromatic rings. The van der Waals surface area contributed by atoms with Crippen molar-refractivity contribution in [3.05, 3.63) is 53.6 Å². The summed E-state index contributed by atoms with van der Waals surface area (Å²) in [5.74, 6) is -1.43. The van der Waals surface area contributed by atoms with Crippen molar-refractivity contribution < 1.29 is 28.7 Å². The summed E-state index contributed by atoms with van der Waals surface area (Å²) in [6.45, 7) is 1.50. The second kappa shape index (κ2) is 9.70.